The van der Waals surface area contributed by atoms with Crippen molar-refractivity contribution in [2.45, 2.75) is 303 Å². The van der Waals surface area contributed by atoms with Crippen LogP contribution in [0.25, 0.3) is 22.1 Å². The van der Waals surface area contributed by atoms with Crippen LogP contribution in [0, 0.1) is 0 Å². The van der Waals surface area contributed by atoms with E-state index in [1.807, 2.05) is 0 Å². The summed E-state index contributed by atoms with van der Waals surface area (Å²) < 4.78 is 82.4. The number of aliphatic hydroxyl groups excluding tert-OH is 1. The van der Waals surface area contributed by atoms with Gasteiger partial charge in [-0.25, -0.2) is 0 Å². The number of carbonyl (C=O) groups is 4. The third-order valence-electron chi connectivity index (χ3n) is 16.6. The third kappa shape index (κ3) is 49.0. The van der Waals surface area contributed by atoms with Crippen molar-refractivity contribution in [1.29, 1.82) is 0 Å². The Labute approximate surface area is 642 Å². The first-order valence-electron chi connectivity index (χ1n) is 36.9. The van der Waals surface area contributed by atoms with E-state index in [2.05, 4.69) is 27.7 Å². The number of aliphatic hydroxyl groups is 1. The van der Waals surface area contributed by atoms with Crippen molar-refractivity contribution in [3.8, 4) is 28.4 Å². The molecule has 2 N–H and O–H groups in total. The van der Waals surface area contributed by atoms with E-state index in [1.54, 1.807) is 31.4 Å². The first-order valence-corrected chi connectivity index (χ1v) is 39.8. The molecule has 1 heterocycles. The van der Waals surface area contributed by atoms with Crippen molar-refractivity contribution in [1.82, 2.24) is 0 Å². The van der Waals surface area contributed by atoms with Crippen molar-refractivity contribution in [3.63, 3.8) is 0 Å². The minimum Gasteiger partial charge on any atom is -0.756 e. The molecule has 0 aliphatic heterocycles. The molecule has 0 saturated carbocycles. The number of rotatable bonds is 61. The number of esters is 4. The average molecular weight is 1470 g/mol. The van der Waals surface area contributed by atoms with Crippen LogP contribution in [0.2, 0.25) is 0 Å². The van der Waals surface area contributed by atoms with Crippen LogP contribution in [0.1, 0.15) is 285 Å². The van der Waals surface area contributed by atoms with E-state index in [9.17, 15) is 53.1 Å². The number of phosphoric ester groups is 2. The van der Waals surface area contributed by atoms with Gasteiger partial charge in [-0.1, -0.05) is 245 Å². The minimum absolute atomic E-state index is 0. The van der Waals surface area contributed by atoms with Crippen LogP contribution in [0.4, 0.5) is 0 Å². The fourth-order valence-corrected chi connectivity index (χ4v) is 12.3. The van der Waals surface area contributed by atoms with Gasteiger partial charge in [0.1, 0.15) is 31.3 Å². The van der Waals surface area contributed by atoms with Crippen molar-refractivity contribution < 1.29 is 158 Å². The molecule has 100 heavy (non-hydrogen) atoms. The number of phenolic OH excluding ortho intramolecular Hbond substituents is 1. The molecule has 0 fully saturated rings. The fourth-order valence-electron chi connectivity index (χ4n) is 10.7. The van der Waals surface area contributed by atoms with Gasteiger partial charge in [-0.15, -0.1) is 0 Å². The van der Waals surface area contributed by atoms with Crippen molar-refractivity contribution >= 4 is 50.5 Å². The summed E-state index contributed by atoms with van der Waals surface area (Å²) in [6.45, 7) is 4.36. The Bertz CT molecular complexity index is 2630. The fraction of sp³-hybridized carbons (Fsp3) is 0.743. The number of hydrogen-bond acceptors (Lipinski definition) is 22. The van der Waals surface area contributed by atoms with E-state index < -0.39 is 97.5 Å². The summed E-state index contributed by atoms with van der Waals surface area (Å²) in [6.07, 6.45) is 35.6. The monoisotopic (exact) mass is 1470 g/mol. The number of ether oxygens (including phenoxy) is 6. The van der Waals surface area contributed by atoms with Gasteiger partial charge in [-0.2, -0.15) is 0 Å². The maximum atomic E-state index is 12.8. The molecule has 0 aliphatic rings. The van der Waals surface area contributed by atoms with Gasteiger partial charge >= 0.3 is 83.0 Å². The number of hydrogen-bond donors (Lipinski definition) is 2. The van der Waals surface area contributed by atoms with Crippen LogP contribution in [-0.2, 0) is 65.4 Å². The van der Waals surface area contributed by atoms with Gasteiger partial charge in [-0.05, 0) is 55.5 Å². The summed E-state index contributed by atoms with van der Waals surface area (Å²) in [7, 11) is -7.40. The molecule has 3 rings (SSSR count). The number of unbranched alkanes of at least 4 members (excludes halogenated alkanes) is 32. The van der Waals surface area contributed by atoms with Gasteiger partial charge in [0.05, 0.1) is 51.6 Å². The van der Waals surface area contributed by atoms with Crippen LogP contribution in [0.3, 0.4) is 0 Å². The van der Waals surface area contributed by atoms with Crippen molar-refractivity contribution in [2.75, 3.05) is 53.9 Å². The molecule has 0 saturated heterocycles. The Morgan fingerprint density at radius 1 is 0.440 bits per heavy atom. The van der Waals surface area contributed by atoms with Gasteiger partial charge in [0.25, 0.3) is 15.6 Å². The molecule has 22 nitrogen and oxygen atoms in total. The normalized spacial score (nSPS) is 13.2. The standard InChI is InChI=1S/C57H110O17P2.C17H14O5.2Na/c1-5-9-13-17-21-25-29-33-37-41-54(59)67-47-52(73-56(61)43-39-35-31-27-23-19-15-11-7-3)49-71-75(63,64)69-45-51(58)46-70-76(65,66)72-50-53(74-57(62)44-40-36-32-28-24-20-16-12-8-4)48-68-55(60)42-38-34-30-26-22-18-14-10-6-2;1-20-11-5-3-10(4-6-11)13-9-22-16-12(15(13)19)7-8-14(18)17(16)21-2;;/h51-53,58H,5-50H2,1-4H3,(H,63,64)(H,65,66);3-9,18H,1-2H3;;/q;;2*+1/p-2. The largest absolute Gasteiger partial charge is 1.00 e. The second kappa shape index (κ2) is 62.3. The van der Waals surface area contributed by atoms with Gasteiger partial charge in [0.15, 0.2) is 23.5 Å². The molecule has 0 spiro atoms. The van der Waals surface area contributed by atoms with Crippen LogP contribution < -0.4 is 83.8 Å². The van der Waals surface area contributed by atoms with E-state index in [-0.39, 0.29) is 107 Å². The van der Waals surface area contributed by atoms with Crippen LogP contribution >= 0.6 is 15.6 Å². The number of aromatic hydroxyl groups is 1. The number of fused-ring (bicyclic) bond motifs is 1. The van der Waals surface area contributed by atoms with E-state index >= 15 is 0 Å². The summed E-state index contributed by atoms with van der Waals surface area (Å²) in [5, 5.41) is 20.5. The van der Waals surface area contributed by atoms with Crippen LogP contribution in [0.5, 0.6) is 17.2 Å². The molecular weight excluding hydrogens is 1350 g/mol. The molecule has 0 aliphatic carbocycles. The molecule has 0 radical (unpaired) electrons. The zero-order valence-electron chi connectivity index (χ0n) is 62.3. The molecule has 4 unspecified atom stereocenters. The summed E-state index contributed by atoms with van der Waals surface area (Å²) in [6, 6.07) is 10.1. The first kappa shape index (κ1) is 97.1. The first-order chi connectivity index (χ1) is 47.3. The van der Waals surface area contributed by atoms with E-state index in [4.69, 9.17) is 50.9 Å². The van der Waals surface area contributed by atoms with Crippen LogP contribution in [0.15, 0.2) is 51.9 Å². The van der Waals surface area contributed by atoms with Gasteiger partial charge < -0.3 is 70.9 Å². The Balaban J connectivity index is 0.00000340. The van der Waals surface area contributed by atoms with Crippen molar-refractivity contribution in [2.24, 2.45) is 0 Å². The van der Waals surface area contributed by atoms with Gasteiger partial charge in [0.2, 0.25) is 11.2 Å². The predicted molar refractivity (Wildman–Crippen MR) is 377 cm³/mol. The Kier molecular flexibility index (Phi) is 60.5. The zero-order chi connectivity index (χ0) is 71.9. The molecule has 4 atom stereocenters. The van der Waals surface area contributed by atoms with Gasteiger partial charge in [0, 0.05) is 25.7 Å². The SMILES string of the molecule is CCCCCCCCCCCC(=O)OCC(COP(=O)([O-])OCC(O)COP(=O)([O-])OCC(COC(=O)CCCCCCCCCCC)OC(=O)CCCCCCCCCCC)OC(=O)CCCCCCCCCCC.COc1ccc(-c2coc3c(OC)c(O)ccc3c2=O)cc1.[Na+].[Na+]. The van der Waals surface area contributed by atoms with E-state index in [0.717, 1.165) is 108 Å². The second-order valence-electron chi connectivity index (χ2n) is 25.3. The molecule has 0 amide bonds. The maximum absolute atomic E-state index is 12.8. The summed E-state index contributed by atoms with van der Waals surface area (Å²) in [4.78, 5) is 88.9. The number of phenols is 1. The minimum atomic E-state index is -5.20. The summed E-state index contributed by atoms with van der Waals surface area (Å²) in [5.41, 5.74) is 1.20. The van der Waals surface area contributed by atoms with Gasteiger partial charge in [-0.3, -0.25) is 33.1 Å². The second-order valence-corrected chi connectivity index (χ2v) is 28.2. The number of carbonyl (C=O) groups excluding carboxylic acids is 4. The number of phosphoric acid groups is 2. The molecular formula is C74H122Na2O22P2. The van der Waals surface area contributed by atoms with E-state index in [0.29, 0.717) is 42.4 Å². The zero-order valence-corrected chi connectivity index (χ0v) is 68.0. The predicted octanol–water partition coefficient (Wildman–Crippen LogP) is 11.1. The Morgan fingerprint density at radius 2 is 0.760 bits per heavy atom. The molecule has 0 bridgehead atoms. The Morgan fingerprint density at radius 3 is 1.09 bits per heavy atom. The molecule has 562 valence electrons. The Hall–Kier alpha value is -2.89. The topological polar surface area (TPSA) is 312 Å². The molecule has 26 heteroatoms. The summed E-state index contributed by atoms with van der Waals surface area (Å²) in [5.74, 6) is -1.46. The molecule has 1 aromatic heterocycles. The summed E-state index contributed by atoms with van der Waals surface area (Å²) >= 11 is 0. The molecule has 2 aromatic carbocycles. The van der Waals surface area contributed by atoms with E-state index in [1.165, 1.54) is 128 Å². The van der Waals surface area contributed by atoms with Crippen LogP contribution in [-0.4, -0.2) is 106 Å². The number of benzene rings is 2. The average Bonchev–Trinajstić information content (AvgIpc) is 0.778. The number of methoxy groups -OCH3 is 2. The van der Waals surface area contributed by atoms with Crippen molar-refractivity contribution in [3.05, 3.63) is 52.9 Å². The molecule has 3 aromatic rings. The third-order valence-corrected chi connectivity index (χ3v) is 18.4. The smallest absolute Gasteiger partial charge is 0.756 e. The maximum Gasteiger partial charge on any atom is 1.00 e. The quantitative estimate of drug-likeness (QED) is 0.0174.